The molecule has 4 heterocycles. The normalized spacial score (nSPS) is 17.3. The summed E-state index contributed by atoms with van der Waals surface area (Å²) in [5, 5.41) is 6.19. The van der Waals surface area contributed by atoms with Gasteiger partial charge in [-0.2, -0.15) is 0 Å². The quantitative estimate of drug-likeness (QED) is 0.443. The fraction of sp³-hybridized carbons (Fsp3) is 0.462. The van der Waals surface area contributed by atoms with E-state index in [0.717, 1.165) is 42.0 Å². The molecule has 2 saturated heterocycles. The highest BCUT2D eigenvalue weighted by Crippen LogP contribution is 2.33. The molecule has 0 spiro atoms. The molecule has 0 bridgehead atoms. The van der Waals surface area contributed by atoms with Gasteiger partial charge in [0.25, 0.3) is 5.91 Å². The highest BCUT2D eigenvalue weighted by molar-refractivity contribution is 7.17. The fourth-order valence-electron chi connectivity index (χ4n) is 4.73. The van der Waals surface area contributed by atoms with E-state index < -0.39 is 0 Å². The van der Waals surface area contributed by atoms with Crippen LogP contribution < -0.4 is 5.32 Å². The molecule has 1 aromatic carbocycles. The third-order valence-electron chi connectivity index (χ3n) is 6.62. The Hall–Kier alpha value is -2.19. The minimum Gasteiger partial charge on any atom is -0.384 e. The molecule has 0 unspecified atom stereocenters. The predicted octanol–water partition coefficient (Wildman–Crippen LogP) is 5.38. The molecule has 0 radical (unpaired) electrons. The number of pyridine rings is 1. The number of nitrogens with one attached hydrogen (secondary N) is 1. The van der Waals surface area contributed by atoms with Gasteiger partial charge in [0.15, 0.2) is 0 Å². The second-order valence-electron chi connectivity index (χ2n) is 8.97. The van der Waals surface area contributed by atoms with E-state index in [1.165, 1.54) is 37.1 Å². The monoisotopic (exact) mass is 498 g/mol. The first-order valence-corrected chi connectivity index (χ1v) is 13.5. The number of likely N-dealkylation sites (tertiary alicyclic amines) is 1. The first kappa shape index (κ1) is 23.5. The topological polar surface area (TPSA) is 57.7 Å². The van der Waals surface area contributed by atoms with Crippen molar-refractivity contribution in [1.29, 1.82) is 0 Å². The van der Waals surface area contributed by atoms with Gasteiger partial charge in [0.05, 0.1) is 45.4 Å². The van der Waals surface area contributed by atoms with E-state index in [-0.39, 0.29) is 5.91 Å². The van der Waals surface area contributed by atoms with Crippen LogP contribution in [0.2, 0.25) is 5.02 Å². The zero-order valence-electron chi connectivity index (χ0n) is 19.4. The van der Waals surface area contributed by atoms with Gasteiger partial charge in [-0.05, 0) is 68.5 Å². The number of anilines is 1. The van der Waals surface area contributed by atoms with Crippen LogP contribution in [0.25, 0.3) is 21.5 Å². The fourth-order valence-corrected chi connectivity index (χ4v) is 5.82. The standard InChI is InChI=1S/C26H31ClN4O2S/c27-21-17-19(5-6-20(21)26(32)31-12-14-33-15-13-31)23-18-24(25-22(29-23)7-16-34-25)28-8-4-11-30-9-2-1-3-10-30/h5-7,16-18H,1-4,8-15H2,(H,28,29). The lowest BCUT2D eigenvalue weighted by Crippen LogP contribution is -2.40. The highest BCUT2D eigenvalue weighted by Gasteiger charge is 2.21. The van der Waals surface area contributed by atoms with Crippen LogP contribution in [0.4, 0.5) is 5.69 Å². The number of rotatable bonds is 7. The first-order chi connectivity index (χ1) is 16.7. The lowest BCUT2D eigenvalue weighted by atomic mass is 10.1. The smallest absolute Gasteiger partial charge is 0.255 e. The molecule has 34 heavy (non-hydrogen) atoms. The SMILES string of the molecule is O=C(c1ccc(-c2cc(NCCCN3CCCCC3)c3sccc3n2)cc1Cl)N1CCOCC1. The maximum absolute atomic E-state index is 12.9. The Morgan fingerprint density at radius 3 is 2.71 bits per heavy atom. The number of morpholine rings is 1. The van der Waals surface area contributed by atoms with Gasteiger partial charge in [0, 0.05) is 25.2 Å². The molecule has 0 saturated carbocycles. The molecular formula is C26H31ClN4O2S. The van der Waals surface area contributed by atoms with E-state index in [2.05, 4.69) is 27.7 Å². The molecular weight excluding hydrogens is 468 g/mol. The number of benzene rings is 1. The molecule has 0 aliphatic carbocycles. The van der Waals surface area contributed by atoms with Crippen molar-refractivity contribution in [2.24, 2.45) is 0 Å². The lowest BCUT2D eigenvalue weighted by molar-refractivity contribution is 0.0303. The molecule has 1 amide bonds. The minimum atomic E-state index is -0.0443. The molecule has 2 aromatic heterocycles. The second-order valence-corrected chi connectivity index (χ2v) is 10.3. The number of ether oxygens (including phenoxy) is 1. The molecule has 0 atom stereocenters. The summed E-state index contributed by atoms with van der Waals surface area (Å²) in [6, 6.07) is 9.78. The maximum Gasteiger partial charge on any atom is 0.255 e. The van der Waals surface area contributed by atoms with Crippen molar-refractivity contribution in [2.75, 3.05) is 57.8 Å². The molecule has 2 fully saturated rings. The number of thiophene rings is 1. The number of hydrogen-bond acceptors (Lipinski definition) is 6. The van der Waals surface area contributed by atoms with Gasteiger partial charge in [-0.3, -0.25) is 4.79 Å². The number of carbonyl (C=O) groups is 1. The van der Waals surface area contributed by atoms with Crippen molar-refractivity contribution in [1.82, 2.24) is 14.8 Å². The first-order valence-electron chi connectivity index (χ1n) is 12.2. The summed E-state index contributed by atoms with van der Waals surface area (Å²) in [6.45, 7) is 6.88. The van der Waals surface area contributed by atoms with Gasteiger partial charge in [-0.15, -0.1) is 11.3 Å². The van der Waals surface area contributed by atoms with Gasteiger partial charge >= 0.3 is 0 Å². The summed E-state index contributed by atoms with van der Waals surface area (Å²) >= 11 is 8.29. The third-order valence-corrected chi connectivity index (χ3v) is 7.87. The molecule has 180 valence electrons. The van der Waals surface area contributed by atoms with Crippen LogP contribution in [0.15, 0.2) is 35.7 Å². The van der Waals surface area contributed by atoms with E-state index in [1.807, 2.05) is 18.2 Å². The van der Waals surface area contributed by atoms with Crippen LogP contribution >= 0.6 is 22.9 Å². The molecule has 5 rings (SSSR count). The van der Waals surface area contributed by atoms with E-state index in [9.17, 15) is 4.79 Å². The van der Waals surface area contributed by atoms with Crippen LogP contribution in [-0.4, -0.2) is 73.2 Å². The molecule has 8 heteroatoms. The number of aromatic nitrogens is 1. The number of nitrogens with zero attached hydrogens (tertiary/aromatic N) is 3. The minimum absolute atomic E-state index is 0.0443. The number of halogens is 1. The van der Waals surface area contributed by atoms with Gasteiger partial charge in [0.1, 0.15) is 0 Å². The Morgan fingerprint density at radius 1 is 1.09 bits per heavy atom. The lowest BCUT2D eigenvalue weighted by Gasteiger charge is -2.27. The van der Waals surface area contributed by atoms with E-state index >= 15 is 0 Å². The number of carbonyl (C=O) groups excluding carboxylic acids is 1. The van der Waals surface area contributed by atoms with Crippen molar-refractivity contribution in [3.8, 4) is 11.3 Å². The van der Waals surface area contributed by atoms with E-state index in [1.54, 1.807) is 16.2 Å². The molecule has 2 aliphatic heterocycles. The average molecular weight is 499 g/mol. The van der Waals surface area contributed by atoms with Gasteiger partial charge in [0.2, 0.25) is 0 Å². The van der Waals surface area contributed by atoms with Crippen molar-refractivity contribution in [3.05, 3.63) is 46.3 Å². The van der Waals surface area contributed by atoms with Gasteiger partial charge < -0.3 is 19.9 Å². The largest absolute Gasteiger partial charge is 0.384 e. The number of piperidine rings is 1. The third kappa shape index (κ3) is 5.38. The summed E-state index contributed by atoms with van der Waals surface area (Å²) in [4.78, 5) is 22.1. The Kier molecular flexibility index (Phi) is 7.64. The van der Waals surface area contributed by atoms with Crippen LogP contribution in [0, 0.1) is 0 Å². The molecule has 1 N–H and O–H groups in total. The molecule has 3 aromatic rings. The van der Waals surface area contributed by atoms with Crippen molar-refractivity contribution < 1.29 is 9.53 Å². The van der Waals surface area contributed by atoms with Crippen molar-refractivity contribution in [3.63, 3.8) is 0 Å². The zero-order chi connectivity index (χ0) is 23.3. The van der Waals surface area contributed by atoms with Gasteiger partial charge in [-0.25, -0.2) is 4.98 Å². The summed E-state index contributed by atoms with van der Waals surface area (Å²) in [6.07, 6.45) is 5.15. The van der Waals surface area contributed by atoms with Crippen molar-refractivity contribution in [2.45, 2.75) is 25.7 Å². The zero-order valence-corrected chi connectivity index (χ0v) is 21.0. The average Bonchev–Trinajstić information content (AvgIpc) is 3.36. The van der Waals surface area contributed by atoms with Crippen LogP contribution in [0.1, 0.15) is 36.0 Å². The molecule has 6 nitrogen and oxygen atoms in total. The van der Waals surface area contributed by atoms with Gasteiger partial charge in [-0.1, -0.05) is 24.1 Å². The summed E-state index contributed by atoms with van der Waals surface area (Å²) in [5.41, 5.74) is 4.38. The number of hydrogen-bond donors (Lipinski definition) is 1. The van der Waals surface area contributed by atoms with Crippen LogP contribution in [0.3, 0.4) is 0 Å². The van der Waals surface area contributed by atoms with E-state index in [0.29, 0.717) is 36.9 Å². The highest BCUT2D eigenvalue weighted by atomic mass is 35.5. The van der Waals surface area contributed by atoms with Crippen LogP contribution in [0.5, 0.6) is 0 Å². The number of amides is 1. The van der Waals surface area contributed by atoms with Crippen molar-refractivity contribution >= 4 is 44.7 Å². The van der Waals surface area contributed by atoms with Crippen LogP contribution in [-0.2, 0) is 4.74 Å². The summed E-state index contributed by atoms with van der Waals surface area (Å²) in [7, 11) is 0. The summed E-state index contributed by atoms with van der Waals surface area (Å²) in [5.74, 6) is -0.0443. The number of fused-ring (bicyclic) bond motifs is 1. The maximum atomic E-state index is 12.9. The Balaban J connectivity index is 1.31. The molecule has 2 aliphatic rings. The van der Waals surface area contributed by atoms with E-state index in [4.69, 9.17) is 21.3 Å². The summed E-state index contributed by atoms with van der Waals surface area (Å²) < 4.78 is 6.53. The predicted molar refractivity (Wildman–Crippen MR) is 140 cm³/mol. The Bertz CT molecular complexity index is 1140. The second kappa shape index (κ2) is 11.0. The Labute approximate surface area is 209 Å². The Morgan fingerprint density at radius 2 is 1.91 bits per heavy atom.